The van der Waals surface area contributed by atoms with Crippen molar-refractivity contribution in [3.05, 3.63) is 77.0 Å². The molecule has 42 heavy (non-hydrogen) atoms. The molecular weight excluding hydrogens is 539 g/mol. The van der Waals surface area contributed by atoms with Crippen molar-refractivity contribution in [3.8, 4) is 11.9 Å². The van der Waals surface area contributed by atoms with Gasteiger partial charge in [0.2, 0.25) is 5.88 Å². The van der Waals surface area contributed by atoms with E-state index >= 15 is 0 Å². The van der Waals surface area contributed by atoms with Crippen LogP contribution in [0.5, 0.6) is 5.88 Å². The molecule has 2 aromatic heterocycles. The first kappa shape index (κ1) is 27.9. The molecule has 1 atom stereocenters. The van der Waals surface area contributed by atoms with Crippen molar-refractivity contribution in [2.24, 2.45) is 0 Å². The molecule has 0 spiro atoms. The number of ether oxygens (including phenoxy) is 3. The molecule has 10 nitrogen and oxygen atoms in total. The van der Waals surface area contributed by atoms with Gasteiger partial charge in [0.15, 0.2) is 0 Å². The van der Waals surface area contributed by atoms with Crippen molar-refractivity contribution in [1.82, 2.24) is 24.2 Å². The van der Waals surface area contributed by atoms with Crippen LogP contribution in [0.3, 0.4) is 0 Å². The summed E-state index contributed by atoms with van der Waals surface area (Å²) in [6.45, 7) is 3.99. The second-order valence-corrected chi connectivity index (χ2v) is 10.8. The highest BCUT2D eigenvalue weighted by Gasteiger charge is 2.25. The fraction of sp³-hybridized carbons (Fsp3) is 0.419. The summed E-state index contributed by atoms with van der Waals surface area (Å²) in [5.74, 6) is 0.578. The lowest BCUT2D eigenvalue weighted by atomic mass is 10.1. The summed E-state index contributed by atoms with van der Waals surface area (Å²) in [4.78, 5) is 19.6. The summed E-state index contributed by atoms with van der Waals surface area (Å²) >= 11 is 0. The van der Waals surface area contributed by atoms with E-state index in [-0.39, 0.29) is 30.3 Å². The van der Waals surface area contributed by atoms with Crippen LogP contribution in [-0.2, 0) is 29.2 Å². The Labute approximate surface area is 243 Å². The van der Waals surface area contributed by atoms with Crippen LogP contribution in [0.25, 0.3) is 11.0 Å². The highest BCUT2D eigenvalue weighted by molar-refractivity contribution is 5.93. The summed E-state index contributed by atoms with van der Waals surface area (Å²) in [6, 6.07) is 13.8. The Balaban J connectivity index is 1.09. The number of carbonyl (C=O) groups excluding carboxylic acids is 1. The molecule has 0 amide bonds. The largest absolute Gasteiger partial charge is 0.472 e. The van der Waals surface area contributed by atoms with E-state index in [9.17, 15) is 9.18 Å². The molecule has 11 heteroatoms. The van der Waals surface area contributed by atoms with Gasteiger partial charge in [-0.25, -0.2) is 14.2 Å². The van der Waals surface area contributed by atoms with E-state index in [1.807, 2.05) is 29.1 Å². The molecule has 218 valence electrons. The Morgan fingerprint density at radius 2 is 2.02 bits per heavy atom. The van der Waals surface area contributed by atoms with E-state index in [1.165, 1.54) is 13.2 Å². The minimum atomic E-state index is -0.464. The number of likely N-dealkylation sites (tertiary alicyclic amines) is 1. The monoisotopic (exact) mass is 572 g/mol. The average molecular weight is 573 g/mol. The van der Waals surface area contributed by atoms with Crippen molar-refractivity contribution in [1.29, 1.82) is 5.26 Å². The molecular formula is C31H33FN6O4. The zero-order chi connectivity index (χ0) is 29.1. The molecule has 2 aliphatic heterocycles. The Hall–Kier alpha value is -4.27. The van der Waals surface area contributed by atoms with Gasteiger partial charge >= 0.3 is 5.97 Å². The van der Waals surface area contributed by atoms with Crippen LogP contribution in [-0.4, -0.2) is 63.1 Å². The van der Waals surface area contributed by atoms with E-state index in [0.29, 0.717) is 30.1 Å². The predicted octanol–water partition coefficient (Wildman–Crippen LogP) is 4.63. The molecule has 0 bridgehead atoms. The van der Waals surface area contributed by atoms with Gasteiger partial charge in [0.1, 0.15) is 18.2 Å². The number of nitrogens with zero attached hydrogens (tertiary/aromatic N) is 6. The molecule has 2 aromatic carbocycles. The first-order chi connectivity index (χ1) is 20.5. The van der Waals surface area contributed by atoms with E-state index < -0.39 is 5.82 Å². The van der Waals surface area contributed by atoms with Crippen LogP contribution in [0.15, 0.2) is 48.7 Å². The van der Waals surface area contributed by atoms with Gasteiger partial charge in [0.05, 0.1) is 60.6 Å². The fourth-order valence-corrected chi connectivity index (χ4v) is 5.76. The minimum absolute atomic E-state index is 0.0427. The van der Waals surface area contributed by atoms with E-state index in [1.54, 1.807) is 24.3 Å². The molecule has 0 radical (unpaired) electrons. The smallest absolute Gasteiger partial charge is 0.337 e. The third kappa shape index (κ3) is 6.00. The number of fused-ring (bicyclic) bond motifs is 1. The lowest BCUT2D eigenvalue weighted by Crippen LogP contribution is -2.35. The van der Waals surface area contributed by atoms with E-state index in [4.69, 9.17) is 24.5 Å². The lowest BCUT2D eigenvalue weighted by molar-refractivity contribution is 0.0601. The van der Waals surface area contributed by atoms with Crippen LogP contribution in [0.1, 0.15) is 59.0 Å². The van der Waals surface area contributed by atoms with Gasteiger partial charge in [-0.3, -0.25) is 9.58 Å². The molecule has 0 N–H and O–H groups in total. The molecule has 0 aliphatic carbocycles. The van der Waals surface area contributed by atoms with E-state index in [0.717, 1.165) is 62.2 Å². The maximum atomic E-state index is 14.2. The average Bonchev–Trinajstić information content (AvgIpc) is 3.78. The van der Waals surface area contributed by atoms with Gasteiger partial charge in [-0.15, -0.1) is 5.10 Å². The van der Waals surface area contributed by atoms with Crippen LogP contribution < -0.4 is 4.74 Å². The lowest BCUT2D eigenvalue weighted by Gasteiger charge is -2.32. The number of rotatable bonds is 9. The molecule has 0 unspecified atom stereocenters. The van der Waals surface area contributed by atoms with Crippen LogP contribution in [0, 0.1) is 17.1 Å². The number of esters is 1. The zero-order valence-electron chi connectivity index (χ0n) is 23.5. The number of hydrogen-bond acceptors (Lipinski definition) is 8. The molecule has 6 rings (SSSR count). The summed E-state index contributed by atoms with van der Waals surface area (Å²) in [5.41, 5.74) is 2.94. The fourth-order valence-electron chi connectivity index (χ4n) is 5.76. The maximum absolute atomic E-state index is 14.2. The molecule has 2 fully saturated rings. The summed E-state index contributed by atoms with van der Waals surface area (Å²) < 4.78 is 34.9. The molecule has 4 heterocycles. The Bertz CT molecular complexity index is 1610. The Morgan fingerprint density at radius 3 is 2.76 bits per heavy atom. The molecule has 2 saturated heterocycles. The number of piperidine rings is 1. The Morgan fingerprint density at radius 1 is 1.17 bits per heavy atom. The third-order valence-corrected chi connectivity index (χ3v) is 8.10. The Kier molecular flexibility index (Phi) is 8.17. The number of hydrogen-bond donors (Lipinski definition) is 0. The standard InChI is InChI=1S/C31H33FN6O4/c1-40-31(39)22-6-7-27-28(16-22)37(18-25-3-2-14-41-25)29(34-27)19-36-11-8-24(9-12-36)38-13-10-30(35-38)42-20-23-5-4-21(17-33)15-26(23)32/h4-7,10,13,15-16,24-25H,2-3,8-9,11-12,14,18-20H2,1H3/t25-/m0/s1. The van der Waals surface area contributed by atoms with Crippen LogP contribution in [0.4, 0.5) is 4.39 Å². The van der Waals surface area contributed by atoms with Gasteiger partial charge in [0.25, 0.3) is 0 Å². The highest BCUT2D eigenvalue weighted by atomic mass is 19.1. The second-order valence-electron chi connectivity index (χ2n) is 10.8. The number of imidazole rings is 1. The first-order valence-electron chi connectivity index (χ1n) is 14.3. The highest BCUT2D eigenvalue weighted by Crippen LogP contribution is 2.27. The second kappa shape index (κ2) is 12.3. The van der Waals surface area contributed by atoms with Crippen molar-refractivity contribution < 1.29 is 23.4 Å². The number of carbonyl (C=O) groups is 1. The van der Waals surface area contributed by atoms with Crippen molar-refractivity contribution in [2.75, 3.05) is 26.8 Å². The number of aromatic nitrogens is 4. The van der Waals surface area contributed by atoms with Gasteiger partial charge < -0.3 is 18.8 Å². The van der Waals surface area contributed by atoms with Crippen molar-refractivity contribution in [3.63, 3.8) is 0 Å². The molecule has 2 aliphatic rings. The van der Waals surface area contributed by atoms with Gasteiger partial charge in [-0.05, 0) is 56.0 Å². The number of methoxy groups -OCH3 is 1. The van der Waals surface area contributed by atoms with Gasteiger partial charge in [-0.2, -0.15) is 5.26 Å². The van der Waals surface area contributed by atoms with Crippen molar-refractivity contribution in [2.45, 2.75) is 57.5 Å². The van der Waals surface area contributed by atoms with Crippen molar-refractivity contribution >= 4 is 17.0 Å². The summed E-state index contributed by atoms with van der Waals surface area (Å²) in [5, 5.41) is 13.5. The summed E-state index contributed by atoms with van der Waals surface area (Å²) in [7, 11) is 1.39. The first-order valence-corrected chi connectivity index (χ1v) is 14.3. The van der Waals surface area contributed by atoms with E-state index in [2.05, 4.69) is 14.6 Å². The quantitative estimate of drug-likeness (QED) is 0.267. The minimum Gasteiger partial charge on any atom is -0.472 e. The third-order valence-electron chi connectivity index (χ3n) is 8.10. The number of nitriles is 1. The van der Waals surface area contributed by atoms with Crippen LogP contribution >= 0.6 is 0 Å². The topological polar surface area (TPSA) is 107 Å². The number of benzene rings is 2. The normalized spacial score (nSPS) is 17.9. The SMILES string of the molecule is COC(=O)c1ccc2nc(CN3CCC(n4ccc(OCc5ccc(C#N)cc5F)n4)CC3)n(C[C@@H]3CCCO3)c2c1. The van der Waals surface area contributed by atoms with Gasteiger partial charge in [0, 0.05) is 37.5 Å². The van der Waals surface area contributed by atoms with Crippen LogP contribution in [0.2, 0.25) is 0 Å². The van der Waals surface area contributed by atoms with Gasteiger partial charge in [-0.1, -0.05) is 6.07 Å². The summed E-state index contributed by atoms with van der Waals surface area (Å²) in [6.07, 6.45) is 5.95. The molecule has 0 saturated carbocycles. The molecule has 4 aromatic rings. The predicted molar refractivity (Wildman–Crippen MR) is 151 cm³/mol. The zero-order valence-corrected chi connectivity index (χ0v) is 23.5. The number of halogens is 1. The maximum Gasteiger partial charge on any atom is 0.337 e.